The third kappa shape index (κ3) is 6.69. The number of rotatable bonds is 6. The molecule has 0 radical (unpaired) electrons. The van der Waals surface area contributed by atoms with E-state index in [-0.39, 0.29) is 24.2 Å². The van der Waals surface area contributed by atoms with Crippen LogP contribution in [0.15, 0.2) is 0 Å². The van der Waals surface area contributed by atoms with E-state index < -0.39 is 22.0 Å². The summed E-state index contributed by atoms with van der Waals surface area (Å²) in [5.41, 5.74) is 0. The van der Waals surface area contributed by atoms with Crippen molar-refractivity contribution in [3.8, 4) is 0 Å². The molecule has 1 atom stereocenters. The molecule has 0 amide bonds. The smallest absolute Gasteiger partial charge is 0.325 e. The van der Waals surface area contributed by atoms with E-state index in [0.717, 1.165) is 0 Å². The summed E-state index contributed by atoms with van der Waals surface area (Å²) in [7, 11) is -6.01. The molecule has 0 heterocycles. The van der Waals surface area contributed by atoms with Crippen LogP contribution in [0.4, 0.5) is 0 Å². The molecule has 0 bridgehead atoms. The lowest BCUT2D eigenvalue weighted by molar-refractivity contribution is 0.0993. The van der Waals surface area contributed by atoms with Crippen molar-refractivity contribution >= 4 is 15.9 Å². The van der Waals surface area contributed by atoms with Crippen molar-refractivity contribution in [3.63, 3.8) is 0 Å². The molecule has 3 N–H and O–H groups in total. The molecule has 0 rings (SSSR count). The molecule has 0 aromatic heterocycles. The Hall–Kier alpha value is 0.287. The van der Waals surface area contributed by atoms with E-state index in [1.165, 1.54) is 0 Å². The Morgan fingerprint density at radius 1 is 1.29 bits per heavy atom. The Kier molecular flexibility index (Phi) is 6.05. The summed E-state index contributed by atoms with van der Waals surface area (Å²) in [6.07, 6.45) is -0.538. The Bertz CT molecular complexity index is 281. The normalized spacial score (nSPS) is 16.0. The molecule has 0 aromatic carbocycles. The summed E-state index contributed by atoms with van der Waals surface area (Å²) in [6, 6.07) is 0. The standard InChI is InChI=1S/C10H25O5PSi/c1-10(2,3)17(4,5)15-9(8-11)6-7-16(12,13)14/h9,11H,6-8H2,1-5H3,(H2,12,13,14). The van der Waals surface area contributed by atoms with E-state index in [0.29, 0.717) is 0 Å². The van der Waals surface area contributed by atoms with Gasteiger partial charge in [-0.1, -0.05) is 20.8 Å². The second-order valence-corrected chi connectivity index (χ2v) is 12.4. The van der Waals surface area contributed by atoms with Gasteiger partial charge in [0.15, 0.2) is 8.32 Å². The highest BCUT2D eigenvalue weighted by atomic mass is 31.2. The molecule has 7 heteroatoms. The van der Waals surface area contributed by atoms with Crippen LogP contribution in [0.5, 0.6) is 0 Å². The first-order chi connectivity index (χ1) is 7.39. The molecule has 104 valence electrons. The van der Waals surface area contributed by atoms with E-state index in [1.54, 1.807) is 0 Å². The second kappa shape index (κ2) is 5.95. The first-order valence-electron chi connectivity index (χ1n) is 5.72. The molecule has 1 unspecified atom stereocenters. The summed E-state index contributed by atoms with van der Waals surface area (Å²) in [5, 5.41) is 9.21. The minimum absolute atomic E-state index is 0.0164. The maximum Gasteiger partial charge on any atom is 0.325 e. The number of aliphatic hydroxyl groups excluding tert-OH is 1. The van der Waals surface area contributed by atoms with Crippen LogP contribution in [0, 0.1) is 0 Å². The van der Waals surface area contributed by atoms with Crippen LogP contribution in [0.3, 0.4) is 0 Å². The lowest BCUT2D eigenvalue weighted by atomic mass is 10.2. The zero-order chi connectivity index (χ0) is 13.9. The molecule has 0 aromatic rings. The summed E-state index contributed by atoms with van der Waals surface area (Å²) >= 11 is 0. The van der Waals surface area contributed by atoms with Crippen LogP contribution in [0.25, 0.3) is 0 Å². The van der Waals surface area contributed by atoms with E-state index in [1.807, 2.05) is 13.1 Å². The number of aliphatic hydroxyl groups is 1. The van der Waals surface area contributed by atoms with Gasteiger partial charge >= 0.3 is 7.60 Å². The van der Waals surface area contributed by atoms with E-state index >= 15 is 0 Å². The predicted octanol–water partition coefficient (Wildman–Crippen LogP) is 1.94. The summed E-state index contributed by atoms with van der Waals surface area (Å²) in [4.78, 5) is 17.6. The first kappa shape index (κ1) is 17.3. The average Bonchev–Trinajstić information content (AvgIpc) is 2.08. The second-order valence-electron chi connectivity index (χ2n) is 5.86. The van der Waals surface area contributed by atoms with Crippen molar-refractivity contribution in [1.82, 2.24) is 0 Å². The molecular formula is C10H25O5PSi. The third-order valence-electron chi connectivity index (χ3n) is 3.21. The van der Waals surface area contributed by atoms with Gasteiger partial charge in [0.05, 0.1) is 18.9 Å². The quantitative estimate of drug-likeness (QED) is 0.512. The lowest BCUT2D eigenvalue weighted by Crippen LogP contribution is -2.45. The minimum atomic E-state index is -4.01. The van der Waals surface area contributed by atoms with Crippen molar-refractivity contribution < 1.29 is 23.9 Å². The predicted molar refractivity (Wildman–Crippen MR) is 70.7 cm³/mol. The maximum absolute atomic E-state index is 10.8. The number of hydrogen-bond acceptors (Lipinski definition) is 3. The Labute approximate surface area is 104 Å². The third-order valence-corrected chi connectivity index (χ3v) is 8.59. The van der Waals surface area contributed by atoms with Crippen LogP contribution < -0.4 is 0 Å². The van der Waals surface area contributed by atoms with Crippen LogP contribution in [-0.4, -0.2) is 42.1 Å². The SMILES string of the molecule is CC(C)(C)[Si](C)(C)OC(CO)CCP(=O)(O)O. The van der Waals surface area contributed by atoms with Crippen molar-refractivity contribution in [3.05, 3.63) is 0 Å². The van der Waals surface area contributed by atoms with Gasteiger partial charge < -0.3 is 19.3 Å². The van der Waals surface area contributed by atoms with Gasteiger partial charge in [-0.05, 0) is 24.6 Å². The molecule has 0 aliphatic heterocycles. The monoisotopic (exact) mass is 284 g/mol. The van der Waals surface area contributed by atoms with Gasteiger partial charge in [-0.2, -0.15) is 0 Å². The van der Waals surface area contributed by atoms with Gasteiger partial charge in [0.25, 0.3) is 0 Å². The van der Waals surface area contributed by atoms with Crippen molar-refractivity contribution in [2.24, 2.45) is 0 Å². The lowest BCUT2D eigenvalue weighted by Gasteiger charge is -2.39. The van der Waals surface area contributed by atoms with Crippen molar-refractivity contribution in [1.29, 1.82) is 0 Å². The van der Waals surface area contributed by atoms with E-state index in [4.69, 9.17) is 14.2 Å². The summed E-state index contributed by atoms with van der Waals surface area (Å²) in [5.74, 6) is 0. The fraction of sp³-hybridized carbons (Fsp3) is 1.00. The first-order valence-corrected chi connectivity index (χ1v) is 10.4. The topological polar surface area (TPSA) is 87.0 Å². The molecule has 0 saturated heterocycles. The summed E-state index contributed by atoms with van der Waals surface area (Å²) in [6.45, 7) is 10.1. The van der Waals surface area contributed by atoms with Gasteiger partial charge in [0.1, 0.15) is 0 Å². The number of hydrogen-bond donors (Lipinski definition) is 3. The minimum Gasteiger partial charge on any atom is -0.412 e. The van der Waals surface area contributed by atoms with Crippen LogP contribution in [0.2, 0.25) is 18.1 Å². The largest absolute Gasteiger partial charge is 0.412 e. The molecule has 0 fully saturated rings. The van der Waals surface area contributed by atoms with Gasteiger partial charge in [0.2, 0.25) is 0 Å². The van der Waals surface area contributed by atoms with Crippen molar-refractivity contribution in [2.45, 2.75) is 51.4 Å². The molecular weight excluding hydrogens is 259 g/mol. The highest BCUT2D eigenvalue weighted by molar-refractivity contribution is 7.51. The zero-order valence-corrected chi connectivity index (χ0v) is 13.2. The fourth-order valence-corrected chi connectivity index (χ4v) is 3.10. The zero-order valence-electron chi connectivity index (χ0n) is 11.3. The van der Waals surface area contributed by atoms with Crippen LogP contribution >= 0.6 is 7.60 Å². The molecule has 5 nitrogen and oxygen atoms in total. The highest BCUT2D eigenvalue weighted by Gasteiger charge is 2.39. The molecule has 0 spiro atoms. The van der Waals surface area contributed by atoms with Crippen LogP contribution in [-0.2, 0) is 8.99 Å². The Balaban J connectivity index is 4.46. The molecule has 0 aliphatic rings. The molecule has 0 aliphatic carbocycles. The van der Waals surface area contributed by atoms with Gasteiger partial charge in [-0.15, -0.1) is 0 Å². The van der Waals surface area contributed by atoms with E-state index in [9.17, 15) is 9.67 Å². The molecule has 17 heavy (non-hydrogen) atoms. The van der Waals surface area contributed by atoms with Gasteiger partial charge in [-0.3, -0.25) is 4.57 Å². The maximum atomic E-state index is 10.8. The van der Waals surface area contributed by atoms with Crippen molar-refractivity contribution in [2.75, 3.05) is 12.8 Å². The fourth-order valence-electron chi connectivity index (χ4n) is 1.09. The highest BCUT2D eigenvalue weighted by Crippen LogP contribution is 2.39. The molecule has 0 saturated carbocycles. The average molecular weight is 284 g/mol. The van der Waals surface area contributed by atoms with Gasteiger partial charge in [0, 0.05) is 0 Å². The van der Waals surface area contributed by atoms with Crippen LogP contribution in [0.1, 0.15) is 27.2 Å². The Morgan fingerprint density at radius 3 is 2.06 bits per heavy atom. The van der Waals surface area contributed by atoms with E-state index in [2.05, 4.69) is 20.8 Å². The summed E-state index contributed by atoms with van der Waals surface area (Å²) < 4.78 is 16.7. The van der Waals surface area contributed by atoms with Gasteiger partial charge in [-0.25, -0.2) is 0 Å². The Morgan fingerprint density at radius 2 is 1.76 bits per heavy atom.